The second kappa shape index (κ2) is 8.10. The van der Waals surface area contributed by atoms with Gasteiger partial charge in [0.1, 0.15) is 0 Å². The molecular weight excluding hydrogens is 362 g/mol. The van der Waals surface area contributed by atoms with Gasteiger partial charge in [0.05, 0.1) is 12.8 Å². The Bertz CT molecular complexity index is 910. The Morgan fingerprint density at radius 1 is 1.11 bits per heavy atom. The van der Waals surface area contributed by atoms with Gasteiger partial charge in [0.25, 0.3) is 0 Å². The molecule has 6 nitrogen and oxygen atoms in total. The van der Waals surface area contributed by atoms with Crippen LogP contribution in [0.4, 0.5) is 5.69 Å². The predicted molar refractivity (Wildman–Crippen MR) is 107 cm³/mol. The molecule has 0 fully saturated rings. The topological polar surface area (TPSA) is 69.7 Å². The van der Waals surface area contributed by atoms with E-state index in [4.69, 9.17) is 0 Å². The fourth-order valence-corrected chi connectivity index (χ4v) is 3.48. The van der Waals surface area contributed by atoms with Crippen molar-refractivity contribution in [3.05, 3.63) is 65.2 Å². The van der Waals surface area contributed by atoms with E-state index in [1.54, 1.807) is 0 Å². The molecule has 0 atom stereocenters. The number of benzene rings is 2. The van der Waals surface area contributed by atoms with Gasteiger partial charge in [-0.05, 0) is 29.2 Å². The second-order valence-corrected chi connectivity index (χ2v) is 9.00. The van der Waals surface area contributed by atoms with E-state index in [-0.39, 0.29) is 12.5 Å². The summed E-state index contributed by atoms with van der Waals surface area (Å²) in [5, 5.41) is 2.75. The van der Waals surface area contributed by atoms with Crippen LogP contribution in [0.5, 0.6) is 0 Å². The number of carbonyl (C=O) groups excluding carboxylic acids is 1. The van der Waals surface area contributed by atoms with Gasteiger partial charge in [0.2, 0.25) is 15.9 Å². The highest BCUT2D eigenvalue weighted by Gasteiger charge is 2.18. The van der Waals surface area contributed by atoms with Gasteiger partial charge in [-0.2, -0.15) is 4.31 Å². The summed E-state index contributed by atoms with van der Waals surface area (Å²) in [5.74, 6) is -0.319. The molecule has 0 unspecified atom stereocenters. The molecule has 1 heterocycles. The summed E-state index contributed by atoms with van der Waals surface area (Å²) in [6.07, 6.45) is 2.17. The van der Waals surface area contributed by atoms with Crippen LogP contribution < -0.4 is 10.2 Å². The number of hydrogen-bond acceptors (Lipinski definition) is 4. The van der Waals surface area contributed by atoms with E-state index >= 15 is 0 Å². The maximum atomic E-state index is 11.9. The van der Waals surface area contributed by atoms with Gasteiger partial charge in [-0.3, -0.25) is 4.79 Å². The first-order valence-corrected chi connectivity index (χ1v) is 10.8. The molecule has 1 aliphatic rings. The van der Waals surface area contributed by atoms with Crippen molar-refractivity contribution in [3.63, 3.8) is 0 Å². The third-order valence-electron chi connectivity index (χ3n) is 4.80. The molecule has 27 heavy (non-hydrogen) atoms. The Kier molecular flexibility index (Phi) is 5.82. The highest BCUT2D eigenvalue weighted by molar-refractivity contribution is 7.88. The van der Waals surface area contributed by atoms with Crippen molar-refractivity contribution in [1.82, 2.24) is 9.62 Å². The number of rotatable bonds is 7. The average Bonchev–Trinajstić information content (AvgIpc) is 3.03. The molecule has 7 heteroatoms. The zero-order valence-electron chi connectivity index (χ0n) is 15.7. The molecule has 0 bridgehead atoms. The average molecular weight is 388 g/mol. The predicted octanol–water partition coefficient (Wildman–Crippen LogP) is 1.76. The lowest BCUT2D eigenvalue weighted by atomic mass is 10.1. The highest BCUT2D eigenvalue weighted by atomic mass is 32.2. The van der Waals surface area contributed by atoms with Gasteiger partial charge >= 0.3 is 0 Å². The van der Waals surface area contributed by atoms with Gasteiger partial charge in [-0.1, -0.05) is 42.5 Å². The van der Waals surface area contributed by atoms with E-state index in [0.29, 0.717) is 6.54 Å². The summed E-state index contributed by atoms with van der Waals surface area (Å²) in [7, 11) is -1.96. The number of amides is 1. The first-order valence-electron chi connectivity index (χ1n) is 8.91. The number of fused-ring (bicyclic) bond motifs is 1. The quantitative estimate of drug-likeness (QED) is 0.786. The first kappa shape index (κ1) is 19.4. The summed E-state index contributed by atoms with van der Waals surface area (Å²) in [6, 6.07) is 16.6. The van der Waals surface area contributed by atoms with Gasteiger partial charge in [-0.25, -0.2) is 8.42 Å². The smallest absolute Gasteiger partial charge is 0.235 e. The van der Waals surface area contributed by atoms with Gasteiger partial charge in [-0.15, -0.1) is 0 Å². The molecule has 3 rings (SSSR count). The lowest BCUT2D eigenvalue weighted by molar-refractivity contribution is -0.121. The van der Waals surface area contributed by atoms with Crippen molar-refractivity contribution in [1.29, 1.82) is 0 Å². The van der Waals surface area contributed by atoms with Crippen LogP contribution in [-0.2, 0) is 34.3 Å². The Balaban J connectivity index is 1.52. The van der Waals surface area contributed by atoms with Gasteiger partial charge < -0.3 is 10.2 Å². The molecule has 1 N–H and O–H groups in total. The first-order chi connectivity index (χ1) is 12.8. The highest BCUT2D eigenvalue weighted by Crippen LogP contribution is 2.28. The summed E-state index contributed by atoms with van der Waals surface area (Å²) < 4.78 is 23.7. The lowest BCUT2D eigenvalue weighted by Gasteiger charge is -2.19. The minimum Gasteiger partial charge on any atom is -0.367 e. The molecule has 144 valence electrons. The summed E-state index contributed by atoms with van der Waals surface area (Å²) in [6.45, 7) is 2.10. The van der Waals surface area contributed by atoms with E-state index in [0.717, 1.165) is 35.6 Å². The van der Waals surface area contributed by atoms with Crippen LogP contribution in [0.25, 0.3) is 0 Å². The van der Waals surface area contributed by atoms with Crippen LogP contribution in [0.1, 0.15) is 16.7 Å². The second-order valence-electron chi connectivity index (χ2n) is 6.91. The maximum Gasteiger partial charge on any atom is 0.235 e. The number of nitrogens with one attached hydrogen (secondary N) is 1. The number of sulfonamides is 1. The molecule has 0 aromatic heterocycles. The number of para-hydroxylation sites is 1. The molecule has 1 amide bonds. The van der Waals surface area contributed by atoms with Crippen LogP contribution in [0.3, 0.4) is 0 Å². The van der Waals surface area contributed by atoms with Crippen LogP contribution in [0.15, 0.2) is 48.5 Å². The minimum atomic E-state index is -3.35. The standard InChI is InChI=1S/C20H25N3O3S/c1-22(27(2,25)26)15-20(24)21-13-16-7-9-17(10-8-16)14-23-12-11-18-5-3-4-6-19(18)23/h3-10H,11-15H2,1-2H3,(H,21,24). The Morgan fingerprint density at radius 2 is 1.78 bits per heavy atom. The lowest BCUT2D eigenvalue weighted by Crippen LogP contribution is -2.37. The maximum absolute atomic E-state index is 11.9. The van der Waals surface area contributed by atoms with Crippen molar-refractivity contribution in [2.75, 3.05) is 31.3 Å². The molecule has 0 saturated heterocycles. The van der Waals surface area contributed by atoms with Crippen molar-refractivity contribution in [2.24, 2.45) is 0 Å². The molecule has 1 aliphatic heterocycles. The molecule has 0 spiro atoms. The van der Waals surface area contributed by atoms with Crippen molar-refractivity contribution in [3.8, 4) is 0 Å². The third-order valence-corrected chi connectivity index (χ3v) is 6.06. The summed E-state index contributed by atoms with van der Waals surface area (Å²) >= 11 is 0. The van der Waals surface area contributed by atoms with Crippen LogP contribution in [-0.4, -0.2) is 45.0 Å². The molecule has 2 aromatic rings. The number of carbonyl (C=O) groups is 1. The van der Waals surface area contributed by atoms with E-state index in [9.17, 15) is 13.2 Å². The molecule has 0 aliphatic carbocycles. The van der Waals surface area contributed by atoms with E-state index < -0.39 is 10.0 Å². The largest absolute Gasteiger partial charge is 0.367 e. The van der Waals surface area contributed by atoms with E-state index in [1.807, 2.05) is 12.1 Å². The number of hydrogen-bond donors (Lipinski definition) is 1. The van der Waals surface area contributed by atoms with E-state index in [1.165, 1.54) is 23.9 Å². The molecular formula is C20H25N3O3S. The Hall–Kier alpha value is -2.38. The molecule has 0 saturated carbocycles. The molecule has 0 radical (unpaired) electrons. The van der Waals surface area contributed by atoms with Crippen LogP contribution >= 0.6 is 0 Å². The number of anilines is 1. The van der Waals surface area contributed by atoms with Gasteiger partial charge in [0.15, 0.2) is 0 Å². The summed E-state index contributed by atoms with van der Waals surface area (Å²) in [4.78, 5) is 14.2. The van der Waals surface area contributed by atoms with Crippen molar-refractivity contribution < 1.29 is 13.2 Å². The fraction of sp³-hybridized carbons (Fsp3) is 0.350. The monoisotopic (exact) mass is 387 g/mol. The van der Waals surface area contributed by atoms with Crippen molar-refractivity contribution in [2.45, 2.75) is 19.5 Å². The number of likely N-dealkylation sites (N-methyl/N-ethyl adjacent to an activating group) is 1. The fourth-order valence-electron chi connectivity index (χ4n) is 3.13. The van der Waals surface area contributed by atoms with E-state index in [2.05, 4.69) is 46.6 Å². The molecule has 2 aromatic carbocycles. The van der Waals surface area contributed by atoms with Crippen LogP contribution in [0, 0.1) is 0 Å². The van der Waals surface area contributed by atoms with Gasteiger partial charge in [0, 0.05) is 32.4 Å². The zero-order valence-corrected chi connectivity index (χ0v) is 16.5. The Labute approximate surface area is 160 Å². The van der Waals surface area contributed by atoms with Crippen molar-refractivity contribution >= 4 is 21.6 Å². The Morgan fingerprint density at radius 3 is 2.48 bits per heavy atom. The normalized spacial score (nSPS) is 13.7. The third kappa shape index (κ3) is 5.08. The zero-order chi connectivity index (χ0) is 19.4. The minimum absolute atomic E-state index is 0.175. The van der Waals surface area contributed by atoms with Crippen LogP contribution in [0.2, 0.25) is 0 Å². The number of nitrogens with zero attached hydrogens (tertiary/aromatic N) is 2. The SMILES string of the molecule is CN(CC(=O)NCc1ccc(CN2CCc3ccccc32)cc1)S(C)(=O)=O. The summed E-state index contributed by atoms with van der Waals surface area (Å²) in [5.41, 5.74) is 4.91.